The van der Waals surface area contributed by atoms with Crippen molar-refractivity contribution in [2.75, 3.05) is 19.0 Å². The molecule has 0 aliphatic heterocycles. The summed E-state index contributed by atoms with van der Waals surface area (Å²) in [4.78, 5) is 13.0. The molecule has 0 saturated heterocycles. The molecular weight excluding hydrogens is 198 g/mol. The maximum atomic E-state index is 11.0. The van der Waals surface area contributed by atoms with E-state index in [0.717, 1.165) is 11.3 Å². The van der Waals surface area contributed by atoms with E-state index in [-0.39, 0.29) is 5.78 Å². The highest BCUT2D eigenvalue weighted by Gasteiger charge is 2.00. The molecule has 0 atom stereocenters. The van der Waals surface area contributed by atoms with Gasteiger partial charge in [0.15, 0.2) is 5.78 Å². The van der Waals surface area contributed by atoms with E-state index in [1.165, 1.54) is 0 Å². The number of Topliss-reactive ketones (excluding diaryl/α,β-unsaturated/α-hetero) is 1. The zero-order valence-electron chi connectivity index (χ0n) is 11.7. The van der Waals surface area contributed by atoms with Crippen LogP contribution in [0.2, 0.25) is 0 Å². The van der Waals surface area contributed by atoms with Crippen LogP contribution in [0.15, 0.2) is 24.3 Å². The summed E-state index contributed by atoms with van der Waals surface area (Å²) in [5, 5.41) is 0. The Bertz CT molecular complexity index is 293. The fourth-order valence-electron chi connectivity index (χ4n) is 1.00. The maximum absolute atomic E-state index is 11.0. The smallest absolute Gasteiger partial charge is 0.159 e. The van der Waals surface area contributed by atoms with Crippen molar-refractivity contribution in [3.63, 3.8) is 0 Å². The molecule has 0 radical (unpaired) electrons. The van der Waals surface area contributed by atoms with Gasteiger partial charge in [-0.2, -0.15) is 0 Å². The molecule has 0 saturated carbocycles. The van der Waals surface area contributed by atoms with Crippen molar-refractivity contribution in [2.45, 2.75) is 34.6 Å². The van der Waals surface area contributed by atoms with Gasteiger partial charge in [0.25, 0.3) is 0 Å². The van der Waals surface area contributed by atoms with Crippen LogP contribution in [0.3, 0.4) is 0 Å². The average Bonchev–Trinajstić information content (AvgIpc) is 2.34. The zero-order valence-corrected chi connectivity index (χ0v) is 11.7. The molecule has 0 aliphatic rings. The molecule has 1 rings (SSSR count). The Kier molecular flexibility index (Phi) is 10.9. The molecule has 0 aromatic heterocycles. The van der Waals surface area contributed by atoms with Gasteiger partial charge in [-0.1, -0.05) is 39.8 Å². The summed E-state index contributed by atoms with van der Waals surface area (Å²) >= 11 is 0. The second-order valence-corrected chi connectivity index (χ2v) is 3.00. The van der Waals surface area contributed by atoms with E-state index in [1.807, 2.05) is 71.0 Å². The number of rotatable bonds is 2. The van der Waals surface area contributed by atoms with Gasteiger partial charge in [-0.15, -0.1) is 0 Å². The fraction of sp³-hybridized carbons (Fsp3) is 0.500. The third-order valence-corrected chi connectivity index (χ3v) is 1.77. The van der Waals surface area contributed by atoms with E-state index in [4.69, 9.17) is 0 Å². The summed E-state index contributed by atoms with van der Waals surface area (Å²) in [7, 11) is 3.92. The fourth-order valence-corrected chi connectivity index (χ4v) is 1.00. The molecule has 0 unspecified atom stereocenters. The molecular formula is C14H25NO. The molecule has 0 aliphatic carbocycles. The summed E-state index contributed by atoms with van der Waals surface area (Å²) in [6, 6.07) is 7.59. The minimum absolute atomic E-state index is 0.110. The number of anilines is 1. The first-order valence-electron chi connectivity index (χ1n) is 5.89. The molecule has 2 nitrogen and oxygen atoms in total. The highest BCUT2D eigenvalue weighted by Crippen LogP contribution is 2.13. The highest BCUT2D eigenvalue weighted by atomic mass is 16.1. The monoisotopic (exact) mass is 223 g/mol. The van der Waals surface area contributed by atoms with Crippen LogP contribution in [0, 0.1) is 0 Å². The minimum Gasteiger partial charge on any atom is -0.378 e. The van der Waals surface area contributed by atoms with Gasteiger partial charge in [-0.25, -0.2) is 0 Å². The van der Waals surface area contributed by atoms with E-state index in [9.17, 15) is 4.79 Å². The third-order valence-electron chi connectivity index (χ3n) is 1.77. The quantitative estimate of drug-likeness (QED) is 0.706. The molecule has 1 aromatic rings. The molecule has 0 N–H and O–H groups in total. The molecule has 0 fully saturated rings. The van der Waals surface area contributed by atoms with Gasteiger partial charge in [0.05, 0.1) is 0 Å². The van der Waals surface area contributed by atoms with Crippen molar-refractivity contribution in [1.29, 1.82) is 0 Å². The van der Waals surface area contributed by atoms with Crippen LogP contribution in [0.4, 0.5) is 5.69 Å². The molecule has 0 heterocycles. The Morgan fingerprint density at radius 1 is 1.06 bits per heavy atom. The van der Waals surface area contributed by atoms with Crippen LogP contribution < -0.4 is 4.90 Å². The summed E-state index contributed by atoms with van der Waals surface area (Å²) < 4.78 is 0. The Morgan fingerprint density at radius 2 is 1.56 bits per heavy atom. The lowest BCUT2D eigenvalue weighted by Gasteiger charge is -2.12. The lowest BCUT2D eigenvalue weighted by atomic mass is 10.1. The number of ketones is 1. The van der Waals surface area contributed by atoms with Gasteiger partial charge in [-0.05, 0) is 19.1 Å². The number of hydrogen-bond acceptors (Lipinski definition) is 2. The normalized spacial score (nSPS) is 7.94. The van der Waals surface area contributed by atoms with Gasteiger partial charge in [0.2, 0.25) is 0 Å². The first-order chi connectivity index (χ1) is 7.61. The number of hydrogen-bond donors (Lipinski definition) is 0. The van der Waals surface area contributed by atoms with Crippen molar-refractivity contribution in [2.24, 2.45) is 0 Å². The largest absolute Gasteiger partial charge is 0.378 e. The first-order valence-corrected chi connectivity index (χ1v) is 5.89. The predicted molar refractivity (Wildman–Crippen MR) is 73.5 cm³/mol. The second-order valence-electron chi connectivity index (χ2n) is 3.00. The van der Waals surface area contributed by atoms with Crippen LogP contribution in [0.5, 0.6) is 0 Å². The summed E-state index contributed by atoms with van der Waals surface area (Å²) in [6.07, 6.45) is 0. The van der Waals surface area contributed by atoms with E-state index >= 15 is 0 Å². The lowest BCUT2D eigenvalue weighted by Crippen LogP contribution is -2.09. The van der Waals surface area contributed by atoms with Crippen molar-refractivity contribution in [3.8, 4) is 0 Å². The van der Waals surface area contributed by atoms with Gasteiger partial charge >= 0.3 is 0 Å². The molecule has 2 heteroatoms. The Morgan fingerprint density at radius 3 is 1.94 bits per heavy atom. The van der Waals surface area contributed by atoms with Crippen LogP contribution in [-0.2, 0) is 0 Å². The predicted octanol–water partition coefficient (Wildman–Crippen LogP) is 4.01. The number of nitrogens with zero attached hydrogens (tertiary/aromatic N) is 1. The molecule has 1 aromatic carbocycles. The van der Waals surface area contributed by atoms with Gasteiger partial charge in [-0.3, -0.25) is 4.79 Å². The standard InChI is InChI=1S/C10H13NO.2C2H6/c1-8(12)9-5-4-6-10(7-9)11(2)3;2*1-2/h4-7H,1-3H3;2*1-2H3. The van der Waals surface area contributed by atoms with Crippen molar-refractivity contribution in [1.82, 2.24) is 0 Å². The Balaban J connectivity index is 0. The molecule has 92 valence electrons. The molecule has 0 amide bonds. The average molecular weight is 223 g/mol. The van der Waals surface area contributed by atoms with E-state index < -0.39 is 0 Å². The third kappa shape index (κ3) is 6.23. The Labute approximate surface area is 100 Å². The van der Waals surface area contributed by atoms with Crippen molar-refractivity contribution in [3.05, 3.63) is 29.8 Å². The molecule has 16 heavy (non-hydrogen) atoms. The number of carbonyl (C=O) groups is 1. The number of carbonyl (C=O) groups excluding carboxylic acids is 1. The SMILES string of the molecule is CC.CC.CC(=O)c1cccc(N(C)C)c1. The van der Waals surface area contributed by atoms with E-state index in [1.54, 1.807) is 6.92 Å². The van der Waals surface area contributed by atoms with Crippen LogP contribution in [0.1, 0.15) is 45.0 Å². The van der Waals surface area contributed by atoms with Crippen molar-refractivity contribution >= 4 is 11.5 Å². The van der Waals surface area contributed by atoms with Crippen LogP contribution in [0.25, 0.3) is 0 Å². The van der Waals surface area contributed by atoms with Crippen LogP contribution in [-0.4, -0.2) is 19.9 Å². The molecule has 0 spiro atoms. The second kappa shape index (κ2) is 10.2. The number of benzene rings is 1. The lowest BCUT2D eigenvalue weighted by molar-refractivity contribution is 0.101. The topological polar surface area (TPSA) is 20.3 Å². The van der Waals surface area contributed by atoms with E-state index in [0.29, 0.717) is 0 Å². The summed E-state index contributed by atoms with van der Waals surface area (Å²) in [5.74, 6) is 0.110. The Hall–Kier alpha value is -1.31. The maximum Gasteiger partial charge on any atom is 0.159 e. The highest BCUT2D eigenvalue weighted by molar-refractivity contribution is 5.94. The van der Waals surface area contributed by atoms with Crippen molar-refractivity contribution < 1.29 is 4.79 Å². The van der Waals surface area contributed by atoms with Gasteiger partial charge in [0.1, 0.15) is 0 Å². The van der Waals surface area contributed by atoms with Gasteiger partial charge < -0.3 is 4.90 Å². The summed E-state index contributed by atoms with van der Waals surface area (Å²) in [5.41, 5.74) is 1.82. The summed E-state index contributed by atoms with van der Waals surface area (Å²) in [6.45, 7) is 9.58. The van der Waals surface area contributed by atoms with Crippen LogP contribution >= 0.6 is 0 Å². The minimum atomic E-state index is 0.110. The van der Waals surface area contributed by atoms with E-state index in [2.05, 4.69) is 0 Å². The first kappa shape index (κ1) is 17.1. The zero-order chi connectivity index (χ0) is 13.1. The molecule has 0 bridgehead atoms. The van der Waals surface area contributed by atoms with Gasteiger partial charge in [0, 0.05) is 25.3 Å².